The molecule has 2 atom stereocenters. The first-order chi connectivity index (χ1) is 9.97. The molecule has 3 amide bonds. The molecule has 0 aromatic heterocycles. The highest BCUT2D eigenvalue weighted by Crippen LogP contribution is 2.07. The van der Waals surface area contributed by atoms with Gasteiger partial charge < -0.3 is 30.5 Å². The van der Waals surface area contributed by atoms with Crippen LogP contribution in [0.2, 0.25) is 0 Å². The number of amides is 3. The number of nitrogens with zero attached hydrogens (tertiary/aromatic N) is 1. The summed E-state index contributed by atoms with van der Waals surface area (Å²) in [6.45, 7) is 2.60. The number of rotatable bonds is 6. The monoisotopic (exact) mass is 303 g/mol. The lowest BCUT2D eigenvalue weighted by atomic mass is 10.2. The number of aliphatic hydroxyl groups excluding tert-OH is 1. The van der Waals surface area contributed by atoms with Gasteiger partial charge in [-0.1, -0.05) is 6.92 Å². The van der Waals surface area contributed by atoms with Crippen molar-refractivity contribution >= 4 is 17.9 Å². The van der Waals surface area contributed by atoms with Gasteiger partial charge in [-0.25, -0.2) is 9.59 Å². The number of carbonyl (C=O) groups is 3. The van der Waals surface area contributed by atoms with E-state index >= 15 is 0 Å². The van der Waals surface area contributed by atoms with E-state index in [2.05, 4.69) is 10.6 Å². The third-order valence-corrected chi connectivity index (χ3v) is 2.97. The van der Waals surface area contributed by atoms with E-state index in [0.717, 1.165) is 6.42 Å². The molecule has 1 fully saturated rings. The van der Waals surface area contributed by atoms with Crippen LogP contribution in [0.25, 0.3) is 0 Å². The molecule has 2 unspecified atom stereocenters. The first-order valence-electron chi connectivity index (χ1n) is 6.78. The second-order valence-electron chi connectivity index (χ2n) is 4.62. The summed E-state index contributed by atoms with van der Waals surface area (Å²) in [5, 5.41) is 22.7. The number of carboxylic acid groups (broad SMARTS) is 1. The number of ether oxygens (including phenoxy) is 1. The number of morpholine rings is 1. The lowest BCUT2D eigenvalue weighted by Gasteiger charge is -2.34. The predicted octanol–water partition coefficient (Wildman–Crippen LogP) is -1.63. The average Bonchev–Trinajstić information content (AvgIpc) is 2.49. The van der Waals surface area contributed by atoms with E-state index in [9.17, 15) is 14.4 Å². The van der Waals surface area contributed by atoms with E-state index < -0.39 is 30.7 Å². The van der Waals surface area contributed by atoms with Crippen molar-refractivity contribution in [3.63, 3.8) is 0 Å². The lowest BCUT2D eigenvalue weighted by Crippen LogP contribution is -2.59. The fourth-order valence-corrected chi connectivity index (χ4v) is 1.80. The van der Waals surface area contributed by atoms with E-state index in [1.807, 2.05) is 6.92 Å². The zero-order chi connectivity index (χ0) is 15.8. The van der Waals surface area contributed by atoms with Gasteiger partial charge in [0.1, 0.15) is 6.04 Å². The molecule has 120 valence electrons. The van der Waals surface area contributed by atoms with E-state index in [4.69, 9.17) is 14.9 Å². The molecule has 0 aliphatic carbocycles. The Labute approximate surface area is 122 Å². The molecule has 0 aromatic rings. The van der Waals surface area contributed by atoms with E-state index in [-0.39, 0.29) is 19.1 Å². The minimum Gasteiger partial charge on any atom is -0.479 e. The summed E-state index contributed by atoms with van der Waals surface area (Å²) in [5.41, 5.74) is 0. The minimum absolute atomic E-state index is 0.0877. The van der Waals surface area contributed by atoms with Crippen LogP contribution in [-0.4, -0.2) is 78.0 Å². The van der Waals surface area contributed by atoms with Gasteiger partial charge in [-0.3, -0.25) is 4.79 Å². The Morgan fingerprint density at radius 3 is 2.71 bits per heavy atom. The van der Waals surface area contributed by atoms with Gasteiger partial charge in [0, 0.05) is 13.1 Å². The van der Waals surface area contributed by atoms with Gasteiger partial charge in [-0.2, -0.15) is 0 Å². The summed E-state index contributed by atoms with van der Waals surface area (Å²) in [4.78, 5) is 35.7. The van der Waals surface area contributed by atoms with E-state index in [0.29, 0.717) is 13.2 Å². The fraction of sp³-hybridized carbons (Fsp3) is 0.750. The highest BCUT2D eigenvalue weighted by Gasteiger charge is 2.33. The first kappa shape index (κ1) is 17.2. The molecule has 0 saturated carbocycles. The van der Waals surface area contributed by atoms with Crippen LogP contribution in [0.1, 0.15) is 13.3 Å². The van der Waals surface area contributed by atoms with Crippen molar-refractivity contribution in [2.24, 2.45) is 0 Å². The molecule has 1 rings (SSSR count). The van der Waals surface area contributed by atoms with Crippen molar-refractivity contribution in [1.29, 1.82) is 0 Å². The molecular weight excluding hydrogens is 282 g/mol. The van der Waals surface area contributed by atoms with Crippen molar-refractivity contribution in [3.8, 4) is 0 Å². The number of carboxylic acids is 1. The quantitative estimate of drug-likeness (QED) is 0.466. The third-order valence-electron chi connectivity index (χ3n) is 2.97. The Kier molecular flexibility index (Phi) is 6.89. The molecule has 1 aliphatic heterocycles. The zero-order valence-corrected chi connectivity index (χ0v) is 11.9. The summed E-state index contributed by atoms with van der Waals surface area (Å²) in [6, 6.07) is -1.36. The van der Waals surface area contributed by atoms with E-state index in [1.54, 1.807) is 0 Å². The Morgan fingerprint density at radius 2 is 2.10 bits per heavy atom. The van der Waals surface area contributed by atoms with Gasteiger partial charge in [0.2, 0.25) is 5.91 Å². The van der Waals surface area contributed by atoms with Crippen LogP contribution in [0.15, 0.2) is 0 Å². The lowest BCUT2D eigenvalue weighted by molar-refractivity contribution is -0.146. The second-order valence-corrected chi connectivity index (χ2v) is 4.62. The topological polar surface area (TPSA) is 128 Å². The molecule has 1 aliphatic rings. The van der Waals surface area contributed by atoms with Crippen LogP contribution in [0, 0.1) is 0 Å². The van der Waals surface area contributed by atoms with Crippen molar-refractivity contribution in [3.05, 3.63) is 0 Å². The van der Waals surface area contributed by atoms with Crippen LogP contribution in [-0.2, 0) is 14.3 Å². The molecule has 0 spiro atoms. The molecule has 9 heteroatoms. The molecule has 21 heavy (non-hydrogen) atoms. The molecule has 4 N–H and O–H groups in total. The standard InChI is InChI=1S/C12H21N3O6/c1-2-3-13-10(17)8-7-21-5-4-15(8)12(20)14-6-9(16)11(18)19/h8-9,16H,2-7H2,1H3,(H,13,17)(H,14,20)(H,18,19). The summed E-state index contributed by atoms with van der Waals surface area (Å²) in [6.07, 6.45) is -0.904. The van der Waals surface area contributed by atoms with Gasteiger partial charge in [0.15, 0.2) is 6.10 Å². The Morgan fingerprint density at radius 1 is 1.38 bits per heavy atom. The average molecular weight is 303 g/mol. The summed E-state index contributed by atoms with van der Waals surface area (Å²) in [7, 11) is 0. The normalized spacial score (nSPS) is 19.7. The SMILES string of the molecule is CCCNC(=O)C1COCCN1C(=O)NCC(O)C(=O)O. The Hall–Kier alpha value is -1.87. The molecule has 0 aromatic carbocycles. The molecule has 9 nitrogen and oxygen atoms in total. The van der Waals surface area contributed by atoms with Crippen LogP contribution in [0.3, 0.4) is 0 Å². The number of nitrogens with one attached hydrogen (secondary N) is 2. The maximum absolute atomic E-state index is 12.0. The van der Waals surface area contributed by atoms with Crippen molar-refractivity contribution in [2.45, 2.75) is 25.5 Å². The van der Waals surface area contributed by atoms with E-state index in [1.165, 1.54) is 4.90 Å². The van der Waals surface area contributed by atoms with Crippen LogP contribution in [0.5, 0.6) is 0 Å². The summed E-state index contributed by atoms with van der Waals surface area (Å²) < 4.78 is 5.20. The van der Waals surface area contributed by atoms with Crippen molar-refractivity contribution in [2.75, 3.05) is 32.8 Å². The molecule has 0 bridgehead atoms. The first-order valence-corrected chi connectivity index (χ1v) is 6.78. The maximum atomic E-state index is 12.0. The number of urea groups is 1. The molecule has 0 radical (unpaired) electrons. The summed E-state index contributed by atoms with van der Waals surface area (Å²) in [5.74, 6) is -1.74. The maximum Gasteiger partial charge on any atom is 0.334 e. The highest BCUT2D eigenvalue weighted by molar-refractivity contribution is 5.87. The van der Waals surface area contributed by atoms with Gasteiger partial charge in [0.05, 0.1) is 19.8 Å². The molecular formula is C12H21N3O6. The number of aliphatic carboxylic acids is 1. The molecule has 1 heterocycles. The van der Waals surface area contributed by atoms with Crippen LogP contribution < -0.4 is 10.6 Å². The van der Waals surface area contributed by atoms with Crippen LogP contribution in [0.4, 0.5) is 4.79 Å². The number of hydrogen-bond donors (Lipinski definition) is 4. The third kappa shape index (κ3) is 5.20. The number of aliphatic hydroxyl groups is 1. The number of carbonyl (C=O) groups excluding carboxylic acids is 2. The zero-order valence-electron chi connectivity index (χ0n) is 11.9. The van der Waals surface area contributed by atoms with Crippen molar-refractivity contribution in [1.82, 2.24) is 15.5 Å². The smallest absolute Gasteiger partial charge is 0.334 e. The van der Waals surface area contributed by atoms with Crippen LogP contribution >= 0.6 is 0 Å². The van der Waals surface area contributed by atoms with Gasteiger partial charge in [0.25, 0.3) is 0 Å². The minimum atomic E-state index is -1.68. The van der Waals surface area contributed by atoms with Crippen molar-refractivity contribution < 1.29 is 29.3 Å². The number of hydrogen-bond acceptors (Lipinski definition) is 5. The van der Waals surface area contributed by atoms with Gasteiger partial charge >= 0.3 is 12.0 Å². The molecule has 1 saturated heterocycles. The Bertz CT molecular complexity index is 389. The summed E-state index contributed by atoms with van der Waals surface area (Å²) >= 11 is 0. The fourth-order valence-electron chi connectivity index (χ4n) is 1.80. The van der Waals surface area contributed by atoms with Gasteiger partial charge in [-0.15, -0.1) is 0 Å². The second kappa shape index (κ2) is 8.42. The largest absolute Gasteiger partial charge is 0.479 e. The Balaban J connectivity index is 2.57. The highest BCUT2D eigenvalue weighted by atomic mass is 16.5. The van der Waals surface area contributed by atoms with Gasteiger partial charge in [-0.05, 0) is 6.42 Å². The predicted molar refractivity (Wildman–Crippen MR) is 71.7 cm³/mol.